The van der Waals surface area contributed by atoms with Crippen LogP contribution < -0.4 is 11.0 Å². The van der Waals surface area contributed by atoms with Crippen LogP contribution in [0, 0.1) is 0 Å². The Bertz CT molecular complexity index is 917. The Morgan fingerprint density at radius 1 is 1.20 bits per heavy atom. The zero-order valence-electron chi connectivity index (χ0n) is 13.5. The van der Waals surface area contributed by atoms with Crippen LogP contribution in [0.1, 0.15) is 19.8 Å². The molecule has 0 bridgehead atoms. The minimum absolute atomic E-state index is 0.127. The van der Waals surface area contributed by atoms with Gasteiger partial charge in [0.15, 0.2) is 8.68 Å². The monoisotopic (exact) mass is 395 g/mol. The third-order valence-electron chi connectivity index (χ3n) is 3.24. The number of imidazole rings is 1. The van der Waals surface area contributed by atoms with Crippen molar-refractivity contribution in [2.75, 3.05) is 16.8 Å². The highest BCUT2D eigenvalue weighted by molar-refractivity contribution is 8.03. The summed E-state index contributed by atoms with van der Waals surface area (Å²) >= 11 is 4.59. The zero-order chi connectivity index (χ0) is 17.6. The molecular weight excluding hydrogens is 378 g/mol. The topological polar surface area (TPSA) is 104 Å². The van der Waals surface area contributed by atoms with Gasteiger partial charge in [-0.15, -0.1) is 10.2 Å². The van der Waals surface area contributed by atoms with Gasteiger partial charge in [0.25, 0.3) is 0 Å². The van der Waals surface area contributed by atoms with Gasteiger partial charge in [-0.3, -0.25) is 4.79 Å². The molecule has 3 N–H and O–H groups in total. The van der Waals surface area contributed by atoms with Crippen LogP contribution in [0.25, 0.3) is 11.0 Å². The first-order chi connectivity index (χ1) is 12.1. The smallest absolute Gasteiger partial charge is 0.323 e. The molecule has 0 fully saturated rings. The van der Waals surface area contributed by atoms with Crippen molar-refractivity contribution in [3.63, 3.8) is 0 Å². The average molecular weight is 396 g/mol. The second kappa shape index (κ2) is 8.54. The second-order valence-electron chi connectivity index (χ2n) is 5.21. The molecule has 25 heavy (non-hydrogen) atoms. The number of unbranched alkanes of at least 4 members (excludes halogenated alkanes) is 1. The third-order valence-corrected chi connectivity index (χ3v) is 6.51. The summed E-state index contributed by atoms with van der Waals surface area (Å²) < 4.78 is 1.73. The highest BCUT2D eigenvalue weighted by atomic mass is 32.2. The molecule has 10 heteroatoms. The van der Waals surface area contributed by atoms with E-state index in [1.54, 1.807) is 30.0 Å². The standard InChI is InChI=1S/C15H17N5O2S3/c1-2-3-6-23-14-19-20-15(25-14)24-8-12(21)16-9-4-5-10-11(7-9)18-13(22)17-10/h4-5,7H,2-3,6,8H2,1H3,(H,16,21)(H2,17,18,22). The maximum Gasteiger partial charge on any atom is 0.323 e. The van der Waals surface area contributed by atoms with Gasteiger partial charge in [0.2, 0.25) is 5.91 Å². The second-order valence-corrected chi connectivity index (χ2v) is 8.75. The average Bonchev–Trinajstić information content (AvgIpc) is 3.18. The molecule has 1 amide bonds. The van der Waals surface area contributed by atoms with E-state index in [0.717, 1.165) is 27.3 Å². The molecule has 3 rings (SSSR count). The van der Waals surface area contributed by atoms with E-state index >= 15 is 0 Å². The number of benzene rings is 1. The number of amides is 1. The number of H-pyrrole nitrogens is 2. The highest BCUT2D eigenvalue weighted by Crippen LogP contribution is 2.29. The maximum absolute atomic E-state index is 12.1. The molecule has 0 atom stereocenters. The summed E-state index contributed by atoms with van der Waals surface area (Å²) in [6.45, 7) is 2.16. The molecule has 7 nitrogen and oxygen atoms in total. The lowest BCUT2D eigenvalue weighted by Gasteiger charge is -2.04. The number of thioether (sulfide) groups is 2. The van der Waals surface area contributed by atoms with E-state index in [4.69, 9.17) is 0 Å². The van der Waals surface area contributed by atoms with Crippen LogP contribution in [-0.2, 0) is 4.79 Å². The minimum Gasteiger partial charge on any atom is -0.325 e. The van der Waals surface area contributed by atoms with Crippen molar-refractivity contribution < 1.29 is 4.79 Å². The van der Waals surface area contributed by atoms with Crippen molar-refractivity contribution in [1.82, 2.24) is 20.2 Å². The van der Waals surface area contributed by atoms with Gasteiger partial charge in [0, 0.05) is 11.4 Å². The Balaban J connectivity index is 1.51. The van der Waals surface area contributed by atoms with Crippen LogP contribution in [0.3, 0.4) is 0 Å². The van der Waals surface area contributed by atoms with E-state index in [1.807, 2.05) is 0 Å². The number of fused-ring (bicyclic) bond motifs is 1. The molecule has 0 spiro atoms. The summed E-state index contributed by atoms with van der Waals surface area (Å²) in [5.74, 6) is 1.17. The fourth-order valence-corrected chi connectivity index (χ4v) is 5.03. The fraction of sp³-hybridized carbons (Fsp3) is 0.333. The van der Waals surface area contributed by atoms with Gasteiger partial charge in [-0.25, -0.2) is 4.79 Å². The Morgan fingerprint density at radius 3 is 2.76 bits per heavy atom. The fourth-order valence-electron chi connectivity index (χ4n) is 2.05. The number of hydrogen-bond donors (Lipinski definition) is 3. The Kier molecular flexibility index (Phi) is 6.16. The first-order valence-electron chi connectivity index (χ1n) is 7.75. The summed E-state index contributed by atoms with van der Waals surface area (Å²) in [5, 5.41) is 11.1. The van der Waals surface area contributed by atoms with Gasteiger partial charge < -0.3 is 15.3 Å². The highest BCUT2D eigenvalue weighted by Gasteiger charge is 2.09. The largest absolute Gasteiger partial charge is 0.325 e. The van der Waals surface area contributed by atoms with E-state index in [-0.39, 0.29) is 17.3 Å². The molecule has 0 aliphatic rings. The maximum atomic E-state index is 12.1. The number of anilines is 1. The normalized spacial score (nSPS) is 11.1. The molecule has 0 aliphatic carbocycles. The first kappa shape index (κ1) is 18.0. The quantitative estimate of drug-likeness (QED) is 0.399. The van der Waals surface area contributed by atoms with E-state index in [2.05, 4.69) is 32.4 Å². The van der Waals surface area contributed by atoms with Crippen LogP contribution in [0.4, 0.5) is 5.69 Å². The van der Waals surface area contributed by atoms with Crippen LogP contribution in [0.15, 0.2) is 31.7 Å². The van der Waals surface area contributed by atoms with Crippen molar-refractivity contribution in [2.24, 2.45) is 0 Å². The Hall–Kier alpha value is -1.78. The molecule has 0 unspecified atom stereocenters. The summed E-state index contributed by atoms with van der Waals surface area (Å²) in [6.07, 6.45) is 2.32. The van der Waals surface area contributed by atoms with Crippen molar-refractivity contribution >= 4 is 57.5 Å². The molecule has 0 saturated carbocycles. The molecule has 1 aromatic carbocycles. The molecule has 0 aliphatic heterocycles. The number of nitrogens with one attached hydrogen (secondary N) is 3. The molecular formula is C15H17N5O2S3. The van der Waals surface area contributed by atoms with Crippen molar-refractivity contribution in [3.8, 4) is 0 Å². The van der Waals surface area contributed by atoms with Crippen LogP contribution in [0.2, 0.25) is 0 Å². The third kappa shape index (κ3) is 5.10. The van der Waals surface area contributed by atoms with Gasteiger partial charge in [0.05, 0.1) is 16.8 Å². The molecule has 2 aromatic heterocycles. The van der Waals surface area contributed by atoms with Crippen molar-refractivity contribution in [1.29, 1.82) is 0 Å². The SMILES string of the molecule is CCCCSc1nnc(SCC(=O)Nc2ccc3[nH]c(=O)[nH]c3c2)s1. The number of aromatic nitrogens is 4. The Labute approximate surface area is 156 Å². The van der Waals surface area contributed by atoms with Gasteiger partial charge in [-0.05, 0) is 24.6 Å². The number of carbonyl (C=O) groups excluding carboxylic acids is 1. The van der Waals surface area contributed by atoms with Crippen LogP contribution in [0.5, 0.6) is 0 Å². The number of nitrogens with zero attached hydrogens (tertiary/aromatic N) is 2. The lowest BCUT2D eigenvalue weighted by atomic mass is 10.3. The van der Waals surface area contributed by atoms with Gasteiger partial charge in [-0.1, -0.05) is 48.2 Å². The number of aromatic amines is 2. The molecule has 132 valence electrons. The van der Waals surface area contributed by atoms with E-state index in [1.165, 1.54) is 23.1 Å². The van der Waals surface area contributed by atoms with Crippen LogP contribution in [-0.4, -0.2) is 37.6 Å². The number of hydrogen-bond acceptors (Lipinski definition) is 7. The molecule has 0 radical (unpaired) electrons. The Morgan fingerprint density at radius 2 is 1.96 bits per heavy atom. The zero-order valence-corrected chi connectivity index (χ0v) is 15.9. The van der Waals surface area contributed by atoms with Gasteiger partial charge >= 0.3 is 5.69 Å². The van der Waals surface area contributed by atoms with E-state index < -0.39 is 0 Å². The summed E-state index contributed by atoms with van der Waals surface area (Å²) in [6, 6.07) is 5.23. The predicted octanol–water partition coefficient (Wildman–Crippen LogP) is 3.33. The summed E-state index contributed by atoms with van der Waals surface area (Å²) in [5.41, 5.74) is 1.74. The summed E-state index contributed by atoms with van der Waals surface area (Å²) in [4.78, 5) is 28.7. The van der Waals surface area contributed by atoms with Gasteiger partial charge in [0.1, 0.15) is 0 Å². The predicted molar refractivity (Wildman–Crippen MR) is 104 cm³/mol. The molecule has 3 aromatic rings. The summed E-state index contributed by atoms with van der Waals surface area (Å²) in [7, 11) is 0. The lowest BCUT2D eigenvalue weighted by Crippen LogP contribution is -2.13. The van der Waals surface area contributed by atoms with E-state index in [0.29, 0.717) is 16.7 Å². The number of rotatable bonds is 8. The lowest BCUT2D eigenvalue weighted by molar-refractivity contribution is -0.113. The van der Waals surface area contributed by atoms with Crippen LogP contribution >= 0.6 is 34.9 Å². The molecule has 2 heterocycles. The molecule has 0 saturated heterocycles. The number of carbonyl (C=O) groups is 1. The van der Waals surface area contributed by atoms with Crippen molar-refractivity contribution in [3.05, 3.63) is 28.7 Å². The minimum atomic E-state index is -0.266. The van der Waals surface area contributed by atoms with Crippen molar-refractivity contribution in [2.45, 2.75) is 28.4 Å². The van der Waals surface area contributed by atoms with Gasteiger partial charge in [-0.2, -0.15) is 0 Å². The first-order valence-corrected chi connectivity index (χ1v) is 10.5. The van der Waals surface area contributed by atoms with E-state index in [9.17, 15) is 9.59 Å².